The Morgan fingerprint density at radius 1 is 1.03 bits per heavy atom. The summed E-state index contributed by atoms with van der Waals surface area (Å²) in [6.07, 6.45) is -2.90. The molecule has 1 heterocycles. The average molecular weight is 485 g/mol. The number of ether oxygens (including phenoxy) is 1. The zero-order valence-electron chi connectivity index (χ0n) is 19.0. The van der Waals surface area contributed by atoms with E-state index < -0.39 is 23.6 Å². The third-order valence-corrected chi connectivity index (χ3v) is 5.66. The maximum Gasteiger partial charge on any atom is 0.418 e. The second-order valence-electron chi connectivity index (χ2n) is 7.91. The van der Waals surface area contributed by atoms with E-state index in [-0.39, 0.29) is 11.4 Å². The van der Waals surface area contributed by atoms with E-state index in [0.29, 0.717) is 53.2 Å². The average Bonchev–Trinajstić information content (AvgIpc) is 3.19. The molecule has 0 atom stereocenters. The fourth-order valence-electron chi connectivity index (χ4n) is 4.03. The van der Waals surface area contributed by atoms with Crippen LogP contribution in [0.1, 0.15) is 56.2 Å². The molecule has 1 aliphatic carbocycles. The van der Waals surface area contributed by atoms with Crippen molar-refractivity contribution >= 4 is 23.2 Å². The van der Waals surface area contributed by atoms with Gasteiger partial charge in [0.05, 0.1) is 29.6 Å². The summed E-state index contributed by atoms with van der Waals surface area (Å²) < 4.78 is 50.9. The van der Waals surface area contributed by atoms with Gasteiger partial charge in [-0.05, 0) is 44.0 Å². The van der Waals surface area contributed by atoms with Gasteiger partial charge in [-0.2, -0.15) is 18.3 Å². The monoisotopic (exact) mass is 485 g/mol. The molecule has 1 aromatic heterocycles. The van der Waals surface area contributed by atoms with E-state index in [1.54, 1.807) is 31.2 Å². The number of halogens is 3. The van der Waals surface area contributed by atoms with Crippen LogP contribution in [0, 0.1) is 6.92 Å². The number of carbonyl (C=O) groups is 2. The molecule has 0 spiro atoms. The minimum absolute atomic E-state index is 0.0994. The summed E-state index contributed by atoms with van der Waals surface area (Å²) in [6, 6.07) is 11.4. The highest BCUT2D eigenvalue weighted by atomic mass is 19.4. The molecule has 3 aromatic rings. The Balaban J connectivity index is 1.60. The van der Waals surface area contributed by atoms with Crippen molar-refractivity contribution in [2.45, 2.75) is 32.4 Å². The second kappa shape index (κ2) is 9.65. The van der Waals surface area contributed by atoms with E-state index in [1.807, 2.05) is 0 Å². The molecule has 7 nitrogen and oxygen atoms in total. The van der Waals surface area contributed by atoms with Crippen molar-refractivity contribution in [1.29, 1.82) is 0 Å². The van der Waals surface area contributed by atoms with Gasteiger partial charge in [0.1, 0.15) is 11.5 Å². The number of nitrogens with one attached hydrogen (secondary N) is 2. The van der Waals surface area contributed by atoms with Crippen molar-refractivity contribution in [3.05, 3.63) is 82.3 Å². The van der Waals surface area contributed by atoms with E-state index in [1.165, 1.54) is 25.3 Å². The van der Waals surface area contributed by atoms with Crippen molar-refractivity contribution in [2.75, 3.05) is 12.4 Å². The Morgan fingerprint density at radius 3 is 2.49 bits per heavy atom. The SMILES string of the molecule is COc1ccccc1C(=O)N/N=C1\CCCc2oc(C(=O)Nc3ccccc3C(F)(F)F)c(C)c21. The highest BCUT2D eigenvalue weighted by Gasteiger charge is 2.34. The van der Waals surface area contributed by atoms with Crippen molar-refractivity contribution in [2.24, 2.45) is 5.10 Å². The van der Waals surface area contributed by atoms with Crippen LogP contribution in [0.3, 0.4) is 0 Å². The van der Waals surface area contributed by atoms with Crippen LogP contribution < -0.4 is 15.5 Å². The van der Waals surface area contributed by atoms with Gasteiger partial charge in [0, 0.05) is 17.5 Å². The number of furan rings is 1. The number of nitrogens with zero attached hydrogens (tertiary/aromatic N) is 1. The summed E-state index contributed by atoms with van der Waals surface area (Å²) in [7, 11) is 1.46. The van der Waals surface area contributed by atoms with Crippen molar-refractivity contribution < 1.29 is 31.9 Å². The highest BCUT2D eigenvalue weighted by molar-refractivity contribution is 6.10. The molecule has 182 valence electrons. The van der Waals surface area contributed by atoms with Crippen LogP contribution in [-0.2, 0) is 12.6 Å². The molecule has 0 radical (unpaired) electrons. The molecule has 10 heteroatoms. The van der Waals surface area contributed by atoms with Gasteiger partial charge in [0.25, 0.3) is 11.8 Å². The molecule has 0 saturated carbocycles. The second-order valence-corrected chi connectivity index (χ2v) is 7.91. The number of alkyl halides is 3. The first-order valence-corrected chi connectivity index (χ1v) is 10.8. The molecule has 0 saturated heterocycles. The standard InChI is InChI=1S/C25H22F3N3O4/c1-14-21-18(30-31-23(32)15-8-3-6-12-19(15)34-2)11-7-13-20(21)35-22(14)24(33)29-17-10-5-4-9-16(17)25(26,27)28/h3-6,8-10,12H,7,11,13H2,1-2H3,(H,29,33)(H,31,32)/b30-18+. The molecule has 1 aliphatic rings. The lowest BCUT2D eigenvalue weighted by Gasteiger charge is -2.14. The zero-order chi connectivity index (χ0) is 25.2. The van der Waals surface area contributed by atoms with Gasteiger partial charge < -0.3 is 14.5 Å². The van der Waals surface area contributed by atoms with E-state index >= 15 is 0 Å². The molecule has 0 fully saturated rings. The van der Waals surface area contributed by atoms with Gasteiger partial charge in [-0.3, -0.25) is 9.59 Å². The maximum atomic E-state index is 13.3. The minimum atomic E-state index is -4.62. The fraction of sp³-hybridized carbons (Fsp3) is 0.240. The number of fused-ring (bicyclic) bond motifs is 1. The molecule has 4 rings (SSSR count). The van der Waals surface area contributed by atoms with Crippen LogP contribution in [0.15, 0.2) is 58.0 Å². The number of hydrogen-bond donors (Lipinski definition) is 2. The summed E-state index contributed by atoms with van der Waals surface area (Å²) >= 11 is 0. The van der Waals surface area contributed by atoms with Crippen LogP contribution in [0.5, 0.6) is 5.75 Å². The van der Waals surface area contributed by atoms with Gasteiger partial charge in [-0.15, -0.1) is 0 Å². The first kappa shape index (κ1) is 24.1. The molecule has 35 heavy (non-hydrogen) atoms. The van der Waals surface area contributed by atoms with E-state index in [4.69, 9.17) is 9.15 Å². The van der Waals surface area contributed by atoms with Crippen LogP contribution in [0.25, 0.3) is 0 Å². The molecule has 2 N–H and O–H groups in total. The third-order valence-electron chi connectivity index (χ3n) is 5.66. The molecule has 2 amide bonds. The summed E-state index contributed by atoms with van der Waals surface area (Å²) in [4.78, 5) is 25.5. The first-order valence-electron chi connectivity index (χ1n) is 10.8. The van der Waals surface area contributed by atoms with Crippen LogP contribution >= 0.6 is 0 Å². The van der Waals surface area contributed by atoms with Gasteiger partial charge >= 0.3 is 6.18 Å². The Bertz CT molecular complexity index is 1310. The topological polar surface area (TPSA) is 92.9 Å². The minimum Gasteiger partial charge on any atom is -0.496 e. The Labute approximate surface area is 199 Å². The summed E-state index contributed by atoms with van der Waals surface area (Å²) in [6.45, 7) is 1.63. The zero-order valence-corrected chi connectivity index (χ0v) is 19.0. The van der Waals surface area contributed by atoms with E-state index in [0.717, 1.165) is 6.07 Å². The largest absolute Gasteiger partial charge is 0.496 e. The summed E-state index contributed by atoms with van der Waals surface area (Å²) in [5, 5.41) is 6.57. The van der Waals surface area contributed by atoms with Gasteiger partial charge in [-0.25, -0.2) is 5.43 Å². The number of anilines is 1. The molecule has 0 bridgehead atoms. The van der Waals surface area contributed by atoms with E-state index in [2.05, 4.69) is 15.8 Å². The van der Waals surface area contributed by atoms with Gasteiger partial charge in [-0.1, -0.05) is 24.3 Å². The number of amides is 2. The lowest BCUT2D eigenvalue weighted by molar-refractivity contribution is -0.136. The van der Waals surface area contributed by atoms with E-state index in [9.17, 15) is 22.8 Å². The first-order chi connectivity index (χ1) is 16.7. The predicted octanol–water partition coefficient (Wildman–Crippen LogP) is 5.34. The van der Waals surface area contributed by atoms with Crippen molar-refractivity contribution in [1.82, 2.24) is 5.43 Å². The number of hydrazone groups is 1. The molecule has 2 aromatic carbocycles. The molecular weight excluding hydrogens is 463 g/mol. The molecule has 0 aliphatic heterocycles. The summed E-state index contributed by atoms with van der Waals surface area (Å²) in [5.74, 6) is -0.478. The number of methoxy groups -OCH3 is 1. The normalized spacial score (nSPS) is 14.4. The number of hydrogen-bond acceptors (Lipinski definition) is 5. The molecular formula is C25H22F3N3O4. The summed E-state index contributed by atoms with van der Waals surface area (Å²) in [5.41, 5.74) is 3.04. The molecule has 0 unspecified atom stereocenters. The fourth-order valence-corrected chi connectivity index (χ4v) is 4.03. The number of carbonyl (C=O) groups excluding carboxylic acids is 2. The Hall–Kier alpha value is -4.08. The van der Waals surface area contributed by atoms with Crippen molar-refractivity contribution in [3.63, 3.8) is 0 Å². The van der Waals surface area contributed by atoms with Crippen LogP contribution in [-0.4, -0.2) is 24.6 Å². The van der Waals surface area contributed by atoms with Crippen LogP contribution in [0.2, 0.25) is 0 Å². The smallest absolute Gasteiger partial charge is 0.418 e. The van der Waals surface area contributed by atoms with Crippen molar-refractivity contribution in [3.8, 4) is 5.75 Å². The quantitative estimate of drug-likeness (QED) is 0.478. The number of rotatable bonds is 5. The van der Waals surface area contributed by atoms with Gasteiger partial charge in [0.2, 0.25) is 0 Å². The number of benzene rings is 2. The van der Waals surface area contributed by atoms with Crippen LogP contribution in [0.4, 0.5) is 18.9 Å². The number of para-hydroxylation sites is 2. The lowest BCUT2D eigenvalue weighted by atomic mass is 9.93. The highest BCUT2D eigenvalue weighted by Crippen LogP contribution is 2.35. The predicted molar refractivity (Wildman–Crippen MR) is 123 cm³/mol. The number of aryl methyl sites for hydroxylation is 1. The third kappa shape index (κ3) is 4.91. The lowest BCUT2D eigenvalue weighted by Crippen LogP contribution is -2.22. The van der Waals surface area contributed by atoms with Gasteiger partial charge in [0.15, 0.2) is 5.76 Å². The Morgan fingerprint density at radius 2 is 1.74 bits per heavy atom. The maximum absolute atomic E-state index is 13.3. The Kier molecular flexibility index (Phi) is 6.63.